The minimum atomic E-state index is -0.340. The highest BCUT2D eigenvalue weighted by Gasteiger charge is 2.25. The predicted molar refractivity (Wildman–Crippen MR) is 113 cm³/mol. The molecule has 0 spiro atoms. The van der Waals surface area contributed by atoms with Gasteiger partial charge in [-0.1, -0.05) is 51.1 Å². The van der Waals surface area contributed by atoms with Crippen LogP contribution < -0.4 is 10.2 Å². The lowest BCUT2D eigenvalue weighted by molar-refractivity contribution is -0.124. The summed E-state index contributed by atoms with van der Waals surface area (Å²) < 4.78 is 0. The molecule has 1 fully saturated rings. The molecule has 0 unspecified atom stereocenters. The predicted octanol–water partition coefficient (Wildman–Crippen LogP) is 4.38. The number of hydrogen-bond acceptors (Lipinski definition) is 3. The second-order valence-corrected chi connectivity index (χ2v) is 7.99. The Kier molecular flexibility index (Phi) is 6.17. The number of piperazine rings is 1. The van der Waals surface area contributed by atoms with Crippen LogP contribution in [-0.4, -0.2) is 37.0 Å². The van der Waals surface area contributed by atoms with Crippen molar-refractivity contribution in [3.8, 4) is 0 Å². The highest BCUT2D eigenvalue weighted by molar-refractivity contribution is 5.94. The highest BCUT2D eigenvalue weighted by atomic mass is 16.2. The molecule has 4 nitrogen and oxygen atoms in total. The smallest absolute Gasteiger partial charge is 0.230 e. The van der Waals surface area contributed by atoms with Gasteiger partial charge in [0.05, 0.1) is 0 Å². The monoisotopic (exact) mass is 365 g/mol. The Labute approximate surface area is 163 Å². The van der Waals surface area contributed by atoms with E-state index in [4.69, 9.17) is 0 Å². The van der Waals surface area contributed by atoms with Gasteiger partial charge in [-0.2, -0.15) is 0 Å². The molecule has 0 radical (unpaired) electrons. The van der Waals surface area contributed by atoms with Gasteiger partial charge in [0, 0.05) is 49.5 Å². The van der Waals surface area contributed by atoms with Crippen molar-refractivity contribution in [3.63, 3.8) is 0 Å². The molecule has 3 rings (SSSR count). The van der Waals surface area contributed by atoms with Crippen molar-refractivity contribution < 1.29 is 4.79 Å². The first-order chi connectivity index (χ1) is 13.0. The molecule has 0 aliphatic carbocycles. The average molecular weight is 366 g/mol. The largest absolute Gasteiger partial charge is 0.369 e. The number of nitrogens with zero attached hydrogens (tertiary/aromatic N) is 2. The van der Waals surface area contributed by atoms with E-state index in [1.165, 1.54) is 11.3 Å². The van der Waals surface area contributed by atoms with E-state index in [9.17, 15) is 4.79 Å². The summed E-state index contributed by atoms with van der Waals surface area (Å²) in [6.07, 6.45) is 0.824. The van der Waals surface area contributed by atoms with Gasteiger partial charge < -0.3 is 10.2 Å². The maximum Gasteiger partial charge on any atom is 0.230 e. The van der Waals surface area contributed by atoms with Crippen LogP contribution in [-0.2, 0) is 11.3 Å². The Morgan fingerprint density at radius 1 is 0.963 bits per heavy atom. The van der Waals surface area contributed by atoms with Crippen LogP contribution in [0.4, 0.5) is 11.4 Å². The van der Waals surface area contributed by atoms with Gasteiger partial charge in [0.2, 0.25) is 5.91 Å². The number of anilines is 2. The molecule has 27 heavy (non-hydrogen) atoms. The molecule has 0 bridgehead atoms. The van der Waals surface area contributed by atoms with Crippen molar-refractivity contribution in [2.45, 2.75) is 33.7 Å². The first kappa shape index (κ1) is 19.4. The lowest BCUT2D eigenvalue weighted by Gasteiger charge is -2.36. The van der Waals surface area contributed by atoms with E-state index in [1.54, 1.807) is 0 Å². The molecular formula is C23H31N3O. The maximum atomic E-state index is 12.3. The summed E-state index contributed by atoms with van der Waals surface area (Å²) in [5.41, 5.74) is 3.13. The first-order valence-electron chi connectivity index (χ1n) is 9.91. The van der Waals surface area contributed by atoms with Crippen molar-refractivity contribution in [1.29, 1.82) is 0 Å². The second-order valence-electron chi connectivity index (χ2n) is 7.99. The Morgan fingerprint density at radius 2 is 1.59 bits per heavy atom. The Bertz CT molecular complexity index is 732. The van der Waals surface area contributed by atoms with Gasteiger partial charge >= 0.3 is 0 Å². The van der Waals surface area contributed by atoms with Crippen LogP contribution in [0.5, 0.6) is 0 Å². The number of hydrogen-bond donors (Lipinski definition) is 1. The van der Waals surface area contributed by atoms with Gasteiger partial charge in [0.15, 0.2) is 0 Å². The molecule has 1 aliphatic rings. The van der Waals surface area contributed by atoms with E-state index in [-0.39, 0.29) is 11.3 Å². The second kappa shape index (κ2) is 8.57. The standard InChI is InChI=1S/C23H31N3O/c1-4-23(2,3)22(27)24-20-10-12-21(13-11-20)26-16-14-25(15-17-26)18-19-8-6-5-7-9-19/h5-13H,4,14-18H2,1-3H3,(H,24,27). The van der Waals surface area contributed by atoms with E-state index < -0.39 is 0 Å². The lowest BCUT2D eigenvalue weighted by atomic mass is 9.89. The normalized spacial score (nSPS) is 15.6. The van der Waals surface area contributed by atoms with E-state index >= 15 is 0 Å². The Hall–Kier alpha value is -2.33. The zero-order valence-electron chi connectivity index (χ0n) is 16.7. The molecular weight excluding hydrogens is 334 g/mol. The lowest BCUT2D eigenvalue weighted by Crippen LogP contribution is -2.45. The number of carbonyl (C=O) groups is 1. The average Bonchev–Trinajstić information content (AvgIpc) is 2.70. The number of nitrogens with one attached hydrogen (secondary N) is 1. The van der Waals surface area contributed by atoms with Gasteiger partial charge in [0.25, 0.3) is 0 Å². The summed E-state index contributed by atoms with van der Waals surface area (Å²) in [6.45, 7) is 11.2. The van der Waals surface area contributed by atoms with Crippen LogP contribution in [0.1, 0.15) is 32.8 Å². The zero-order valence-corrected chi connectivity index (χ0v) is 16.7. The fourth-order valence-electron chi connectivity index (χ4n) is 3.22. The molecule has 1 N–H and O–H groups in total. The van der Waals surface area contributed by atoms with Crippen LogP contribution in [0.2, 0.25) is 0 Å². The van der Waals surface area contributed by atoms with Crippen LogP contribution in [0, 0.1) is 5.41 Å². The van der Waals surface area contributed by atoms with Crippen molar-refractivity contribution in [2.75, 3.05) is 36.4 Å². The van der Waals surface area contributed by atoms with E-state index in [1.807, 2.05) is 32.9 Å². The van der Waals surface area contributed by atoms with Gasteiger partial charge in [-0.25, -0.2) is 0 Å². The van der Waals surface area contributed by atoms with Crippen LogP contribution in [0.15, 0.2) is 54.6 Å². The van der Waals surface area contributed by atoms with E-state index in [0.717, 1.165) is 44.8 Å². The van der Waals surface area contributed by atoms with Crippen molar-refractivity contribution in [3.05, 3.63) is 60.2 Å². The van der Waals surface area contributed by atoms with Crippen LogP contribution >= 0.6 is 0 Å². The van der Waals surface area contributed by atoms with Crippen LogP contribution in [0.25, 0.3) is 0 Å². The van der Waals surface area contributed by atoms with Gasteiger partial charge in [-0.3, -0.25) is 9.69 Å². The topological polar surface area (TPSA) is 35.6 Å². The van der Waals surface area contributed by atoms with Gasteiger partial charge in [0.1, 0.15) is 0 Å². The molecule has 0 atom stereocenters. The number of rotatable bonds is 6. The first-order valence-corrected chi connectivity index (χ1v) is 9.91. The summed E-state index contributed by atoms with van der Waals surface area (Å²) in [5, 5.41) is 3.03. The zero-order chi connectivity index (χ0) is 19.3. The molecule has 1 aliphatic heterocycles. The molecule has 1 amide bonds. The summed E-state index contributed by atoms with van der Waals surface area (Å²) in [5.74, 6) is 0.0762. The minimum Gasteiger partial charge on any atom is -0.369 e. The van der Waals surface area contributed by atoms with Crippen LogP contribution in [0.3, 0.4) is 0 Å². The molecule has 4 heteroatoms. The Morgan fingerprint density at radius 3 is 2.19 bits per heavy atom. The number of benzene rings is 2. The fourth-order valence-corrected chi connectivity index (χ4v) is 3.22. The SMILES string of the molecule is CCC(C)(C)C(=O)Nc1ccc(N2CCN(Cc3ccccc3)CC2)cc1. The molecule has 1 heterocycles. The Balaban J connectivity index is 1.52. The van der Waals surface area contributed by atoms with Gasteiger partial charge in [-0.05, 0) is 36.2 Å². The van der Waals surface area contributed by atoms with Crippen molar-refractivity contribution in [2.24, 2.45) is 5.41 Å². The highest BCUT2D eigenvalue weighted by Crippen LogP contribution is 2.24. The van der Waals surface area contributed by atoms with E-state index in [2.05, 4.69) is 57.6 Å². The minimum absolute atomic E-state index is 0.0762. The molecule has 1 saturated heterocycles. The summed E-state index contributed by atoms with van der Waals surface area (Å²) in [6, 6.07) is 18.9. The third kappa shape index (κ3) is 5.10. The number of amides is 1. The summed E-state index contributed by atoms with van der Waals surface area (Å²) >= 11 is 0. The fraction of sp³-hybridized carbons (Fsp3) is 0.435. The van der Waals surface area contributed by atoms with Crippen molar-refractivity contribution >= 4 is 17.3 Å². The summed E-state index contributed by atoms with van der Waals surface area (Å²) in [4.78, 5) is 17.2. The molecule has 0 aromatic heterocycles. The third-order valence-corrected chi connectivity index (χ3v) is 5.61. The third-order valence-electron chi connectivity index (χ3n) is 5.61. The van der Waals surface area contributed by atoms with E-state index in [0.29, 0.717) is 0 Å². The quantitative estimate of drug-likeness (QED) is 0.825. The van der Waals surface area contributed by atoms with Gasteiger partial charge in [-0.15, -0.1) is 0 Å². The summed E-state index contributed by atoms with van der Waals surface area (Å²) in [7, 11) is 0. The molecule has 2 aromatic rings. The van der Waals surface area contributed by atoms with Crippen molar-refractivity contribution in [1.82, 2.24) is 4.90 Å². The molecule has 2 aromatic carbocycles. The molecule has 144 valence electrons. The maximum absolute atomic E-state index is 12.3. The number of carbonyl (C=O) groups excluding carboxylic acids is 1. The molecule has 0 saturated carbocycles.